The lowest BCUT2D eigenvalue weighted by Gasteiger charge is -2.09. The van der Waals surface area contributed by atoms with Crippen molar-refractivity contribution in [1.82, 2.24) is 9.03 Å². The summed E-state index contributed by atoms with van der Waals surface area (Å²) in [5, 5.41) is 0. The number of ether oxygens (including phenoxy) is 1. The van der Waals surface area contributed by atoms with E-state index in [0.717, 1.165) is 15.6 Å². The topological polar surface area (TPSA) is 92.8 Å². The lowest BCUT2D eigenvalue weighted by atomic mass is 10.3. The van der Waals surface area contributed by atoms with Crippen LogP contribution in [-0.2, 0) is 26.6 Å². The van der Waals surface area contributed by atoms with Crippen LogP contribution in [0.3, 0.4) is 0 Å². The third kappa shape index (κ3) is 4.60. The van der Waals surface area contributed by atoms with Crippen molar-refractivity contribution in [2.45, 2.75) is 15.6 Å². The molecule has 2 rings (SSSR count). The largest absolute Gasteiger partial charge is 0.496 e. The van der Waals surface area contributed by atoms with E-state index >= 15 is 0 Å². The molecular weight excluding hydrogens is 452 g/mol. The van der Waals surface area contributed by atoms with E-state index in [2.05, 4.69) is 20.7 Å². The number of thiophene rings is 1. The van der Waals surface area contributed by atoms with Gasteiger partial charge >= 0.3 is 0 Å². The first kappa shape index (κ1) is 20.3. The van der Waals surface area contributed by atoms with Crippen LogP contribution in [0.25, 0.3) is 0 Å². The fraction of sp³-hybridized carbons (Fsp3) is 0.286. The van der Waals surface area contributed by atoms with Crippen molar-refractivity contribution in [3.8, 4) is 5.75 Å². The predicted molar refractivity (Wildman–Crippen MR) is 99.9 cm³/mol. The maximum Gasteiger partial charge on any atom is 0.252 e. The second kappa shape index (κ2) is 7.72. The van der Waals surface area contributed by atoms with Gasteiger partial charge in [-0.25, -0.2) is 25.9 Å². The Balaban J connectivity index is 2.16. The molecule has 0 aliphatic rings. The van der Waals surface area contributed by atoms with Gasteiger partial charge in [-0.15, -0.1) is 11.3 Å². The van der Waals surface area contributed by atoms with E-state index < -0.39 is 20.0 Å². The van der Waals surface area contributed by atoms with Crippen molar-refractivity contribution < 1.29 is 21.6 Å². The van der Waals surface area contributed by atoms with Gasteiger partial charge in [0.05, 0.1) is 16.5 Å². The zero-order chi connectivity index (χ0) is 18.8. The summed E-state index contributed by atoms with van der Waals surface area (Å²) in [5.74, 6) is 0.524. The number of hydrogen-bond donors (Lipinski definition) is 1. The normalized spacial score (nSPS) is 12.5. The minimum Gasteiger partial charge on any atom is -0.496 e. The Morgan fingerprint density at radius 2 is 1.84 bits per heavy atom. The molecule has 0 aliphatic carbocycles. The van der Waals surface area contributed by atoms with Gasteiger partial charge < -0.3 is 4.74 Å². The Morgan fingerprint density at radius 3 is 2.40 bits per heavy atom. The molecule has 0 atom stereocenters. The molecule has 1 N–H and O–H groups in total. The molecular formula is C14H17BrN2O5S3. The van der Waals surface area contributed by atoms with Gasteiger partial charge in [-0.3, -0.25) is 0 Å². The van der Waals surface area contributed by atoms with Crippen molar-refractivity contribution in [2.24, 2.45) is 0 Å². The highest BCUT2D eigenvalue weighted by Crippen LogP contribution is 2.28. The van der Waals surface area contributed by atoms with Crippen molar-refractivity contribution in [3.05, 3.63) is 39.7 Å². The number of nitrogens with zero attached hydrogens (tertiary/aromatic N) is 1. The van der Waals surface area contributed by atoms with Gasteiger partial charge in [-0.05, 0) is 46.3 Å². The fourth-order valence-corrected chi connectivity index (χ4v) is 6.12. The molecule has 0 unspecified atom stereocenters. The molecule has 0 saturated carbocycles. The molecule has 25 heavy (non-hydrogen) atoms. The molecule has 0 spiro atoms. The summed E-state index contributed by atoms with van der Waals surface area (Å²) in [4.78, 5) is 0.675. The number of benzene rings is 1. The molecule has 0 saturated heterocycles. The maximum absolute atomic E-state index is 12.4. The highest BCUT2D eigenvalue weighted by Gasteiger charge is 2.21. The zero-order valence-electron chi connectivity index (χ0n) is 13.7. The van der Waals surface area contributed by atoms with Crippen molar-refractivity contribution in [1.29, 1.82) is 0 Å². The van der Waals surface area contributed by atoms with Gasteiger partial charge in [0.25, 0.3) is 10.0 Å². The van der Waals surface area contributed by atoms with Gasteiger partial charge in [0.2, 0.25) is 10.0 Å². The number of rotatable bonds is 7. The monoisotopic (exact) mass is 468 g/mol. The molecule has 2 aromatic rings. The van der Waals surface area contributed by atoms with Crippen LogP contribution in [0.15, 0.2) is 43.9 Å². The van der Waals surface area contributed by atoms with Crippen LogP contribution in [0.2, 0.25) is 0 Å². The minimum atomic E-state index is -3.74. The van der Waals surface area contributed by atoms with Gasteiger partial charge in [0, 0.05) is 25.5 Å². The van der Waals surface area contributed by atoms with E-state index in [-0.39, 0.29) is 15.6 Å². The van der Waals surface area contributed by atoms with Crippen LogP contribution < -0.4 is 9.46 Å². The minimum absolute atomic E-state index is 0.000400. The first-order valence-electron chi connectivity index (χ1n) is 6.92. The van der Waals surface area contributed by atoms with Crippen LogP contribution in [-0.4, -0.2) is 42.3 Å². The molecule has 0 bridgehead atoms. The molecule has 1 aromatic heterocycles. The average Bonchev–Trinajstić information content (AvgIpc) is 3.02. The van der Waals surface area contributed by atoms with E-state index in [4.69, 9.17) is 4.74 Å². The van der Waals surface area contributed by atoms with E-state index in [0.29, 0.717) is 15.1 Å². The number of hydrogen-bond acceptors (Lipinski definition) is 6. The van der Waals surface area contributed by atoms with Crippen molar-refractivity contribution in [2.75, 3.05) is 21.2 Å². The third-order valence-corrected chi connectivity index (χ3v) is 8.63. The number of methoxy groups -OCH3 is 1. The average molecular weight is 469 g/mol. The lowest BCUT2D eigenvalue weighted by molar-refractivity contribution is 0.411. The molecule has 0 amide bonds. The zero-order valence-corrected chi connectivity index (χ0v) is 17.7. The number of halogens is 1. The summed E-state index contributed by atoms with van der Waals surface area (Å²) in [6.07, 6.45) is 0. The smallest absolute Gasteiger partial charge is 0.252 e. The first-order valence-corrected chi connectivity index (χ1v) is 11.5. The Bertz CT molecular complexity index is 968. The van der Waals surface area contributed by atoms with Crippen LogP contribution in [0.4, 0.5) is 0 Å². The third-order valence-electron chi connectivity index (χ3n) is 3.24. The van der Waals surface area contributed by atoms with Crippen molar-refractivity contribution in [3.63, 3.8) is 0 Å². The number of nitrogens with one attached hydrogen (secondary N) is 1. The highest BCUT2D eigenvalue weighted by molar-refractivity contribution is 9.10. The summed E-state index contributed by atoms with van der Waals surface area (Å²) in [6.45, 7) is -0.000400. The molecule has 0 radical (unpaired) electrons. The molecule has 11 heteroatoms. The molecule has 7 nitrogen and oxygen atoms in total. The summed E-state index contributed by atoms with van der Waals surface area (Å²) in [5.41, 5.74) is 0. The Morgan fingerprint density at radius 1 is 1.16 bits per heavy atom. The highest BCUT2D eigenvalue weighted by atomic mass is 79.9. The van der Waals surface area contributed by atoms with Gasteiger partial charge in [0.15, 0.2) is 0 Å². The fourth-order valence-electron chi connectivity index (χ4n) is 1.84. The second-order valence-corrected chi connectivity index (χ2v) is 11.3. The molecule has 1 heterocycles. The van der Waals surface area contributed by atoms with Crippen LogP contribution >= 0.6 is 27.3 Å². The van der Waals surface area contributed by atoms with Crippen LogP contribution in [0.1, 0.15) is 4.88 Å². The molecule has 138 valence electrons. The maximum atomic E-state index is 12.4. The van der Waals surface area contributed by atoms with E-state index in [1.54, 1.807) is 12.1 Å². The Labute approximate surface area is 159 Å². The second-order valence-electron chi connectivity index (χ2n) is 5.13. The van der Waals surface area contributed by atoms with Crippen LogP contribution in [0.5, 0.6) is 5.75 Å². The summed E-state index contributed by atoms with van der Waals surface area (Å²) >= 11 is 4.28. The molecule has 0 aliphatic heterocycles. The molecule has 0 fully saturated rings. The lowest BCUT2D eigenvalue weighted by Crippen LogP contribution is -2.23. The molecule has 1 aromatic carbocycles. The first-order chi connectivity index (χ1) is 11.6. The SMILES string of the molecule is COc1ccc(S(=O)(=O)NCc2ccc(S(=O)(=O)N(C)C)s2)cc1Br. The van der Waals surface area contributed by atoms with Crippen LogP contribution in [0, 0.1) is 0 Å². The predicted octanol–water partition coefficient (Wildman–Crippen LogP) is 2.25. The summed E-state index contributed by atoms with van der Waals surface area (Å²) < 4.78 is 58.2. The summed E-state index contributed by atoms with van der Waals surface area (Å²) in [7, 11) is -2.88. The van der Waals surface area contributed by atoms with Gasteiger partial charge in [-0.1, -0.05) is 0 Å². The van der Waals surface area contributed by atoms with E-state index in [1.165, 1.54) is 39.4 Å². The quantitative estimate of drug-likeness (QED) is 0.672. The standard InChI is InChI=1S/C14H17BrN2O5S3/c1-17(2)25(20,21)14-7-4-10(23-14)9-16-24(18,19)11-5-6-13(22-3)12(15)8-11/h4-8,16H,9H2,1-3H3. The van der Waals surface area contributed by atoms with Gasteiger partial charge in [0.1, 0.15) is 9.96 Å². The Hall–Kier alpha value is -0.980. The Kier molecular flexibility index (Phi) is 6.28. The van der Waals surface area contributed by atoms with E-state index in [9.17, 15) is 16.8 Å². The number of sulfonamides is 2. The van der Waals surface area contributed by atoms with Crippen molar-refractivity contribution >= 4 is 47.3 Å². The van der Waals surface area contributed by atoms with Gasteiger partial charge in [-0.2, -0.15) is 0 Å². The summed E-state index contributed by atoms with van der Waals surface area (Å²) in [6, 6.07) is 7.48. The van der Waals surface area contributed by atoms with E-state index in [1.807, 2.05) is 0 Å².